The van der Waals surface area contributed by atoms with Crippen molar-refractivity contribution >= 4 is 8.07 Å². The Morgan fingerprint density at radius 1 is 1.25 bits per heavy atom. The highest BCUT2D eigenvalue weighted by atomic mass is 28.3. The molecule has 1 aromatic carbocycles. The molecular formula is C13H20O2Si. The molecule has 0 radical (unpaired) electrons. The first kappa shape index (κ1) is 11.8. The number of ether oxygens (including phenoxy) is 1. The van der Waals surface area contributed by atoms with E-state index in [1.807, 2.05) is 18.2 Å². The number of hydrogen-bond donors (Lipinski definition) is 1. The molecule has 1 aromatic rings. The molecule has 0 aliphatic carbocycles. The van der Waals surface area contributed by atoms with Gasteiger partial charge in [0.1, 0.15) is 6.10 Å². The maximum atomic E-state index is 10.1. The third kappa shape index (κ3) is 2.73. The fourth-order valence-electron chi connectivity index (χ4n) is 2.09. The molecule has 1 heterocycles. The molecule has 0 unspecified atom stereocenters. The van der Waals surface area contributed by atoms with Gasteiger partial charge in [0.15, 0.2) is 0 Å². The van der Waals surface area contributed by atoms with Crippen LogP contribution in [0.2, 0.25) is 19.6 Å². The summed E-state index contributed by atoms with van der Waals surface area (Å²) < 4.78 is 5.63. The predicted octanol–water partition coefficient (Wildman–Crippen LogP) is 2.23. The standard InChI is InChI=1S/C13H20O2Si/c1-16(2,3)13-12(15-13)11(14)9-10-7-5-4-6-8-10/h4-8,11-14H,9H2,1-3H3/t11-,12+,13-/m1/s1. The minimum absolute atomic E-state index is 0.0758. The van der Waals surface area contributed by atoms with Gasteiger partial charge in [-0.3, -0.25) is 0 Å². The maximum Gasteiger partial charge on any atom is 0.107 e. The van der Waals surface area contributed by atoms with Gasteiger partial charge < -0.3 is 9.84 Å². The molecule has 16 heavy (non-hydrogen) atoms. The lowest BCUT2D eigenvalue weighted by atomic mass is 10.1. The molecule has 0 saturated carbocycles. The molecule has 3 heteroatoms. The SMILES string of the molecule is C[Si](C)(C)[C@H]1O[C@H]1[C@H](O)Cc1ccccc1. The summed E-state index contributed by atoms with van der Waals surface area (Å²) in [5, 5.41) is 10.1. The van der Waals surface area contributed by atoms with Crippen molar-refractivity contribution in [3.8, 4) is 0 Å². The largest absolute Gasteiger partial charge is 0.390 e. The molecule has 1 N–H and O–H groups in total. The van der Waals surface area contributed by atoms with Crippen LogP contribution in [0.3, 0.4) is 0 Å². The molecule has 2 rings (SSSR count). The minimum Gasteiger partial charge on any atom is -0.390 e. The van der Waals surface area contributed by atoms with Gasteiger partial charge in [-0.25, -0.2) is 0 Å². The topological polar surface area (TPSA) is 32.8 Å². The Labute approximate surface area is 98.3 Å². The summed E-state index contributed by atoms with van der Waals surface area (Å²) in [6.45, 7) is 6.85. The van der Waals surface area contributed by atoms with Gasteiger partial charge >= 0.3 is 0 Å². The fraction of sp³-hybridized carbons (Fsp3) is 0.538. The highest BCUT2D eigenvalue weighted by Crippen LogP contribution is 2.34. The molecule has 0 amide bonds. The quantitative estimate of drug-likeness (QED) is 0.642. The molecule has 0 spiro atoms. The number of aliphatic hydroxyl groups is 1. The summed E-state index contributed by atoms with van der Waals surface area (Å²) in [4.78, 5) is 0. The first-order chi connectivity index (χ1) is 7.48. The van der Waals surface area contributed by atoms with Crippen LogP contribution in [0, 0.1) is 0 Å². The average Bonchev–Trinajstić information content (AvgIpc) is 2.97. The van der Waals surface area contributed by atoms with Crippen molar-refractivity contribution in [3.63, 3.8) is 0 Å². The monoisotopic (exact) mass is 236 g/mol. The van der Waals surface area contributed by atoms with Crippen LogP contribution >= 0.6 is 0 Å². The van der Waals surface area contributed by atoms with Gasteiger partial charge in [-0.15, -0.1) is 0 Å². The van der Waals surface area contributed by atoms with E-state index in [9.17, 15) is 5.11 Å². The fourth-order valence-corrected chi connectivity index (χ4v) is 3.86. The second-order valence-corrected chi connectivity index (χ2v) is 10.9. The van der Waals surface area contributed by atoms with Gasteiger partial charge in [0.2, 0.25) is 0 Å². The highest BCUT2D eigenvalue weighted by molar-refractivity contribution is 6.78. The predicted molar refractivity (Wildman–Crippen MR) is 68.2 cm³/mol. The van der Waals surface area contributed by atoms with Crippen molar-refractivity contribution in [2.45, 2.75) is 44.0 Å². The van der Waals surface area contributed by atoms with E-state index in [-0.39, 0.29) is 12.2 Å². The average molecular weight is 236 g/mol. The first-order valence-electron chi connectivity index (χ1n) is 5.86. The Bertz CT molecular complexity index is 345. The third-order valence-electron chi connectivity index (χ3n) is 3.05. The van der Waals surface area contributed by atoms with Gasteiger partial charge in [0, 0.05) is 6.42 Å². The first-order valence-corrected chi connectivity index (χ1v) is 9.43. The lowest BCUT2D eigenvalue weighted by Crippen LogP contribution is -2.34. The summed E-state index contributed by atoms with van der Waals surface area (Å²) in [5.41, 5.74) is 1.52. The van der Waals surface area contributed by atoms with Crippen LogP contribution in [-0.4, -0.2) is 31.1 Å². The zero-order valence-corrected chi connectivity index (χ0v) is 11.2. The van der Waals surface area contributed by atoms with Crippen molar-refractivity contribution in [3.05, 3.63) is 35.9 Å². The zero-order valence-electron chi connectivity index (χ0n) is 10.2. The Balaban J connectivity index is 1.89. The lowest BCUT2D eigenvalue weighted by Gasteiger charge is -2.13. The number of hydrogen-bond acceptors (Lipinski definition) is 2. The van der Waals surface area contributed by atoms with Crippen LogP contribution in [0.25, 0.3) is 0 Å². The van der Waals surface area contributed by atoms with E-state index in [0.29, 0.717) is 12.1 Å². The molecule has 1 fully saturated rings. The van der Waals surface area contributed by atoms with Crippen LogP contribution in [0.1, 0.15) is 5.56 Å². The molecule has 0 aromatic heterocycles. The smallest absolute Gasteiger partial charge is 0.107 e. The van der Waals surface area contributed by atoms with Crippen LogP contribution in [0.15, 0.2) is 30.3 Å². The summed E-state index contributed by atoms with van der Waals surface area (Å²) in [6.07, 6.45) is 0.429. The van der Waals surface area contributed by atoms with Crippen LogP contribution in [-0.2, 0) is 11.2 Å². The Hall–Kier alpha value is -0.643. The summed E-state index contributed by atoms with van der Waals surface area (Å²) >= 11 is 0. The molecule has 1 aliphatic heterocycles. The molecule has 1 aliphatic rings. The van der Waals surface area contributed by atoms with E-state index >= 15 is 0 Å². The number of aliphatic hydroxyl groups excluding tert-OH is 1. The van der Waals surface area contributed by atoms with E-state index in [0.717, 1.165) is 0 Å². The molecule has 3 atom stereocenters. The summed E-state index contributed by atoms with van der Waals surface area (Å²) in [7, 11) is -1.25. The van der Waals surface area contributed by atoms with E-state index in [2.05, 4.69) is 31.8 Å². The zero-order chi connectivity index (χ0) is 11.8. The Kier molecular flexibility index (Phi) is 3.19. The molecule has 1 saturated heterocycles. The molecule has 88 valence electrons. The van der Waals surface area contributed by atoms with Crippen LogP contribution < -0.4 is 0 Å². The van der Waals surface area contributed by atoms with Crippen molar-refractivity contribution in [1.82, 2.24) is 0 Å². The lowest BCUT2D eigenvalue weighted by molar-refractivity contribution is 0.135. The van der Waals surface area contributed by atoms with Crippen molar-refractivity contribution < 1.29 is 9.84 Å². The maximum absolute atomic E-state index is 10.1. The Morgan fingerprint density at radius 3 is 2.38 bits per heavy atom. The number of benzene rings is 1. The van der Waals surface area contributed by atoms with Gasteiger partial charge in [0.05, 0.1) is 19.9 Å². The van der Waals surface area contributed by atoms with E-state index < -0.39 is 8.07 Å². The number of epoxide rings is 1. The van der Waals surface area contributed by atoms with E-state index in [4.69, 9.17) is 4.74 Å². The molecule has 2 nitrogen and oxygen atoms in total. The number of rotatable bonds is 4. The van der Waals surface area contributed by atoms with E-state index in [1.54, 1.807) is 0 Å². The van der Waals surface area contributed by atoms with Crippen molar-refractivity contribution in [1.29, 1.82) is 0 Å². The second kappa shape index (κ2) is 4.32. The van der Waals surface area contributed by atoms with Gasteiger partial charge in [0.25, 0.3) is 0 Å². The van der Waals surface area contributed by atoms with Gasteiger partial charge in [-0.2, -0.15) is 0 Å². The van der Waals surface area contributed by atoms with Crippen molar-refractivity contribution in [2.24, 2.45) is 0 Å². The normalized spacial score (nSPS) is 26.5. The van der Waals surface area contributed by atoms with Crippen molar-refractivity contribution in [2.75, 3.05) is 0 Å². The Morgan fingerprint density at radius 2 is 1.88 bits per heavy atom. The second-order valence-electron chi connectivity index (χ2n) is 5.64. The molecular weight excluding hydrogens is 216 g/mol. The minimum atomic E-state index is -1.25. The summed E-state index contributed by atoms with van der Waals surface area (Å²) in [5.74, 6) is 0. The van der Waals surface area contributed by atoms with Gasteiger partial charge in [-0.1, -0.05) is 50.0 Å². The summed E-state index contributed by atoms with van der Waals surface area (Å²) in [6, 6.07) is 10.1. The molecule has 0 bridgehead atoms. The third-order valence-corrected chi connectivity index (χ3v) is 5.22. The van der Waals surface area contributed by atoms with Gasteiger partial charge in [-0.05, 0) is 5.56 Å². The highest BCUT2D eigenvalue weighted by Gasteiger charge is 2.51. The van der Waals surface area contributed by atoms with Crippen LogP contribution in [0.4, 0.5) is 0 Å². The van der Waals surface area contributed by atoms with Crippen LogP contribution in [0.5, 0.6) is 0 Å². The van der Waals surface area contributed by atoms with E-state index in [1.165, 1.54) is 5.56 Å².